The van der Waals surface area contributed by atoms with Gasteiger partial charge in [-0.1, -0.05) is 18.2 Å². The largest absolute Gasteiger partial charge is 0.368 e. The zero-order chi connectivity index (χ0) is 18.6. The molecule has 1 saturated heterocycles. The van der Waals surface area contributed by atoms with Crippen molar-refractivity contribution in [2.24, 2.45) is 0 Å². The molecule has 2 N–H and O–H groups in total. The SMILES string of the molecule is Nc1ncc(-c2ccc(F)cc2)c([C@H]2CCCN(Cc3ccccn3)C2)n1. The summed E-state index contributed by atoms with van der Waals surface area (Å²) in [4.78, 5) is 15.6. The molecular formula is C21H22FN5. The van der Waals surface area contributed by atoms with Gasteiger partial charge in [-0.15, -0.1) is 0 Å². The van der Waals surface area contributed by atoms with Gasteiger partial charge in [-0.2, -0.15) is 0 Å². The number of nitrogens with two attached hydrogens (primary N) is 1. The van der Waals surface area contributed by atoms with E-state index in [0.29, 0.717) is 0 Å². The molecule has 4 rings (SSSR count). The molecule has 6 heteroatoms. The van der Waals surface area contributed by atoms with Gasteiger partial charge in [-0.25, -0.2) is 14.4 Å². The average molecular weight is 363 g/mol. The number of aromatic nitrogens is 3. The van der Waals surface area contributed by atoms with Crippen LogP contribution < -0.4 is 5.73 Å². The van der Waals surface area contributed by atoms with Gasteiger partial charge >= 0.3 is 0 Å². The van der Waals surface area contributed by atoms with Crippen LogP contribution in [0.25, 0.3) is 11.1 Å². The molecular weight excluding hydrogens is 341 g/mol. The first kappa shape index (κ1) is 17.5. The fourth-order valence-corrected chi connectivity index (χ4v) is 3.72. The molecule has 1 fully saturated rings. The lowest BCUT2D eigenvalue weighted by molar-refractivity contribution is 0.196. The van der Waals surface area contributed by atoms with Crippen LogP contribution in [-0.4, -0.2) is 32.9 Å². The Kier molecular flexibility index (Phi) is 5.07. The van der Waals surface area contributed by atoms with Crippen molar-refractivity contribution in [3.63, 3.8) is 0 Å². The van der Waals surface area contributed by atoms with Gasteiger partial charge in [0.15, 0.2) is 0 Å². The van der Waals surface area contributed by atoms with Gasteiger partial charge in [0, 0.05) is 37.0 Å². The first-order valence-corrected chi connectivity index (χ1v) is 9.19. The minimum Gasteiger partial charge on any atom is -0.368 e. The molecule has 0 amide bonds. The third kappa shape index (κ3) is 4.11. The molecule has 0 spiro atoms. The van der Waals surface area contributed by atoms with Crippen LogP contribution in [0.3, 0.4) is 0 Å². The third-order valence-electron chi connectivity index (χ3n) is 5.00. The molecule has 27 heavy (non-hydrogen) atoms. The number of halogens is 1. The van der Waals surface area contributed by atoms with Gasteiger partial charge in [-0.3, -0.25) is 9.88 Å². The highest BCUT2D eigenvalue weighted by Gasteiger charge is 2.25. The van der Waals surface area contributed by atoms with Crippen LogP contribution in [0.15, 0.2) is 54.9 Å². The smallest absolute Gasteiger partial charge is 0.220 e. The summed E-state index contributed by atoms with van der Waals surface area (Å²) >= 11 is 0. The number of hydrogen-bond acceptors (Lipinski definition) is 5. The van der Waals surface area contributed by atoms with E-state index >= 15 is 0 Å². The van der Waals surface area contributed by atoms with E-state index in [1.54, 1.807) is 18.3 Å². The lowest BCUT2D eigenvalue weighted by atomic mass is 9.90. The number of nitrogens with zero attached hydrogens (tertiary/aromatic N) is 4. The summed E-state index contributed by atoms with van der Waals surface area (Å²) in [6.45, 7) is 2.75. The Balaban J connectivity index is 1.60. The van der Waals surface area contributed by atoms with Crippen molar-refractivity contribution >= 4 is 5.95 Å². The Morgan fingerprint density at radius 3 is 2.74 bits per heavy atom. The molecule has 2 aromatic heterocycles. The van der Waals surface area contributed by atoms with Crippen LogP contribution in [0.4, 0.5) is 10.3 Å². The second-order valence-electron chi connectivity index (χ2n) is 6.93. The molecule has 0 radical (unpaired) electrons. The summed E-state index contributed by atoms with van der Waals surface area (Å²) in [5.41, 5.74) is 9.74. The quantitative estimate of drug-likeness (QED) is 0.766. The second-order valence-corrected chi connectivity index (χ2v) is 6.93. The molecule has 0 aliphatic carbocycles. The minimum absolute atomic E-state index is 0.254. The van der Waals surface area contributed by atoms with E-state index in [-0.39, 0.29) is 17.7 Å². The topological polar surface area (TPSA) is 67.9 Å². The lowest BCUT2D eigenvalue weighted by Gasteiger charge is -2.33. The van der Waals surface area contributed by atoms with E-state index in [4.69, 9.17) is 5.73 Å². The van der Waals surface area contributed by atoms with Crippen molar-refractivity contribution in [3.05, 3.63) is 72.1 Å². The standard InChI is InChI=1S/C21H22FN5/c22-17-8-6-15(7-9-17)19-12-25-21(23)26-20(19)16-4-3-11-27(13-16)14-18-5-1-2-10-24-18/h1-2,5-10,12,16H,3-4,11,13-14H2,(H2,23,25,26)/t16-/m0/s1. The number of piperidine rings is 1. The van der Waals surface area contributed by atoms with Crippen molar-refractivity contribution in [2.45, 2.75) is 25.3 Å². The van der Waals surface area contributed by atoms with Gasteiger partial charge in [0.2, 0.25) is 5.95 Å². The maximum absolute atomic E-state index is 13.3. The number of rotatable bonds is 4. The number of anilines is 1. The summed E-state index contributed by atoms with van der Waals surface area (Å²) in [5, 5.41) is 0. The van der Waals surface area contributed by atoms with E-state index in [2.05, 4.69) is 25.9 Å². The summed E-state index contributed by atoms with van der Waals surface area (Å²) in [6.07, 6.45) is 5.71. The Labute approximate surface area is 158 Å². The third-order valence-corrected chi connectivity index (χ3v) is 5.00. The molecule has 1 atom stereocenters. The minimum atomic E-state index is -0.254. The first-order chi connectivity index (χ1) is 13.2. The van der Waals surface area contributed by atoms with Crippen LogP contribution in [0.2, 0.25) is 0 Å². The fourth-order valence-electron chi connectivity index (χ4n) is 3.72. The predicted octanol–water partition coefficient (Wildman–Crippen LogP) is 3.64. The first-order valence-electron chi connectivity index (χ1n) is 9.19. The highest BCUT2D eigenvalue weighted by atomic mass is 19.1. The Hall–Kier alpha value is -2.86. The molecule has 1 aromatic carbocycles. The van der Waals surface area contributed by atoms with Gasteiger partial charge in [0.1, 0.15) is 5.82 Å². The number of pyridine rings is 1. The van der Waals surface area contributed by atoms with Crippen molar-refractivity contribution in [1.82, 2.24) is 19.9 Å². The van der Waals surface area contributed by atoms with E-state index in [0.717, 1.165) is 55.0 Å². The highest BCUT2D eigenvalue weighted by Crippen LogP contribution is 2.33. The van der Waals surface area contributed by atoms with Crippen LogP contribution in [0, 0.1) is 5.82 Å². The zero-order valence-corrected chi connectivity index (χ0v) is 15.1. The van der Waals surface area contributed by atoms with E-state index in [9.17, 15) is 4.39 Å². The summed E-state index contributed by atoms with van der Waals surface area (Å²) in [6, 6.07) is 12.5. The lowest BCUT2D eigenvalue weighted by Crippen LogP contribution is -2.34. The summed E-state index contributed by atoms with van der Waals surface area (Å²) < 4.78 is 13.3. The van der Waals surface area contributed by atoms with Gasteiger partial charge in [-0.05, 0) is 49.2 Å². The van der Waals surface area contributed by atoms with Gasteiger partial charge in [0.05, 0.1) is 11.4 Å². The summed E-state index contributed by atoms with van der Waals surface area (Å²) in [5.74, 6) is 0.279. The maximum Gasteiger partial charge on any atom is 0.220 e. The number of nitrogen functional groups attached to an aromatic ring is 1. The van der Waals surface area contributed by atoms with Crippen molar-refractivity contribution < 1.29 is 4.39 Å². The molecule has 1 aliphatic heterocycles. The Morgan fingerprint density at radius 2 is 1.96 bits per heavy atom. The Bertz CT molecular complexity index is 898. The molecule has 5 nitrogen and oxygen atoms in total. The number of hydrogen-bond donors (Lipinski definition) is 1. The normalized spacial score (nSPS) is 17.7. The molecule has 0 unspecified atom stereocenters. The molecule has 3 heterocycles. The summed E-state index contributed by atoms with van der Waals surface area (Å²) in [7, 11) is 0. The second kappa shape index (κ2) is 7.80. The molecule has 138 valence electrons. The molecule has 0 bridgehead atoms. The van der Waals surface area contributed by atoms with Crippen LogP contribution in [0.5, 0.6) is 0 Å². The fraction of sp³-hybridized carbons (Fsp3) is 0.286. The average Bonchev–Trinajstić information content (AvgIpc) is 2.70. The highest BCUT2D eigenvalue weighted by molar-refractivity contribution is 5.66. The van der Waals surface area contributed by atoms with Crippen molar-refractivity contribution in [2.75, 3.05) is 18.8 Å². The number of likely N-dealkylation sites (tertiary alicyclic amines) is 1. The predicted molar refractivity (Wildman–Crippen MR) is 103 cm³/mol. The van der Waals surface area contributed by atoms with E-state index < -0.39 is 0 Å². The van der Waals surface area contributed by atoms with Gasteiger partial charge < -0.3 is 5.73 Å². The van der Waals surface area contributed by atoms with Crippen LogP contribution in [0.1, 0.15) is 30.1 Å². The Morgan fingerprint density at radius 1 is 1.11 bits per heavy atom. The van der Waals surface area contributed by atoms with E-state index in [1.165, 1.54) is 12.1 Å². The molecule has 1 aliphatic rings. The molecule has 3 aromatic rings. The number of benzene rings is 1. The molecule has 0 saturated carbocycles. The van der Waals surface area contributed by atoms with Gasteiger partial charge in [0.25, 0.3) is 0 Å². The van der Waals surface area contributed by atoms with Crippen molar-refractivity contribution in [3.8, 4) is 11.1 Å². The van der Waals surface area contributed by atoms with E-state index in [1.807, 2.05) is 18.3 Å². The van der Waals surface area contributed by atoms with Crippen LogP contribution in [-0.2, 0) is 6.54 Å². The van der Waals surface area contributed by atoms with Crippen LogP contribution >= 0.6 is 0 Å². The zero-order valence-electron chi connectivity index (χ0n) is 15.1. The monoisotopic (exact) mass is 363 g/mol. The van der Waals surface area contributed by atoms with Crippen molar-refractivity contribution in [1.29, 1.82) is 0 Å². The maximum atomic E-state index is 13.3.